The Labute approximate surface area is 191 Å². The number of carboxylic acids is 1. The maximum Gasteiger partial charge on any atom is 0.335 e. The van der Waals surface area contributed by atoms with Gasteiger partial charge in [0.15, 0.2) is 0 Å². The number of nitrogens with zero attached hydrogens (tertiary/aromatic N) is 4. The van der Waals surface area contributed by atoms with E-state index in [1.165, 1.54) is 12.1 Å². The largest absolute Gasteiger partial charge is 0.491 e. The van der Waals surface area contributed by atoms with Gasteiger partial charge in [-0.15, -0.1) is 0 Å². The lowest BCUT2D eigenvalue weighted by Gasteiger charge is -2.25. The molecule has 3 heterocycles. The van der Waals surface area contributed by atoms with Crippen LogP contribution in [0.15, 0.2) is 18.2 Å². The number of anilines is 1. The van der Waals surface area contributed by atoms with Crippen molar-refractivity contribution in [2.24, 2.45) is 5.92 Å². The Morgan fingerprint density at radius 2 is 2.06 bits per heavy atom. The van der Waals surface area contributed by atoms with Crippen LogP contribution in [0.1, 0.15) is 53.2 Å². The third-order valence-corrected chi connectivity index (χ3v) is 5.65. The molecule has 0 radical (unpaired) electrons. The van der Waals surface area contributed by atoms with Crippen molar-refractivity contribution in [2.45, 2.75) is 46.7 Å². The van der Waals surface area contributed by atoms with Crippen molar-refractivity contribution in [1.29, 1.82) is 0 Å². The van der Waals surface area contributed by atoms with Crippen molar-refractivity contribution in [3.8, 4) is 5.75 Å². The number of ether oxygens (including phenoxy) is 2. The molecule has 10 nitrogen and oxygen atoms in total. The minimum Gasteiger partial charge on any atom is -0.491 e. The van der Waals surface area contributed by atoms with E-state index in [9.17, 15) is 14.7 Å². The van der Waals surface area contributed by atoms with Crippen LogP contribution < -0.4 is 10.1 Å². The Kier molecular flexibility index (Phi) is 6.64. The first kappa shape index (κ1) is 22.8. The van der Waals surface area contributed by atoms with Gasteiger partial charge in [-0.1, -0.05) is 6.92 Å². The molecule has 0 spiro atoms. The average Bonchev–Trinajstić information content (AvgIpc) is 3.30. The summed E-state index contributed by atoms with van der Waals surface area (Å²) >= 11 is 0. The molecule has 0 aliphatic carbocycles. The topological polar surface area (TPSA) is 121 Å². The maximum atomic E-state index is 13.0. The number of aromatic carboxylic acids is 1. The normalized spacial score (nSPS) is 13.8. The van der Waals surface area contributed by atoms with E-state index in [1.807, 2.05) is 25.3 Å². The lowest BCUT2D eigenvalue weighted by atomic mass is 10.1. The molecule has 1 saturated heterocycles. The SMILES string of the molecule is CCCn1c(NC(=O)c2cc(C)nn2CC)nc2cc(C(=O)O)cc(OCCC3COC3)c21. The zero-order valence-electron chi connectivity index (χ0n) is 19.1. The molecule has 4 rings (SSSR count). The van der Waals surface area contributed by atoms with Crippen molar-refractivity contribution in [3.05, 3.63) is 35.2 Å². The summed E-state index contributed by atoms with van der Waals surface area (Å²) in [7, 11) is 0. The molecule has 0 unspecified atom stereocenters. The van der Waals surface area contributed by atoms with E-state index in [0.717, 1.165) is 31.7 Å². The van der Waals surface area contributed by atoms with Crippen molar-refractivity contribution in [3.63, 3.8) is 0 Å². The zero-order valence-corrected chi connectivity index (χ0v) is 19.1. The van der Waals surface area contributed by atoms with Crippen LogP contribution in [0.3, 0.4) is 0 Å². The molecule has 33 heavy (non-hydrogen) atoms. The van der Waals surface area contributed by atoms with Crippen molar-refractivity contribution >= 4 is 28.9 Å². The Morgan fingerprint density at radius 1 is 1.27 bits per heavy atom. The first-order valence-electron chi connectivity index (χ1n) is 11.2. The van der Waals surface area contributed by atoms with Crippen LogP contribution in [0.25, 0.3) is 11.0 Å². The van der Waals surface area contributed by atoms with Gasteiger partial charge in [0, 0.05) is 19.0 Å². The summed E-state index contributed by atoms with van der Waals surface area (Å²) in [5.41, 5.74) is 2.41. The van der Waals surface area contributed by atoms with Crippen molar-refractivity contribution < 1.29 is 24.2 Å². The second-order valence-electron chi connectivity index (χ2n) is 8.22. The third-order valence-electron chi connectivity index (χ3n) is 5.65. The summed E-state index contributed by atoms with van der Waals surface area (Å²) in [6.07, 6.45) is 1.62. The molecule has 0 saturated carbocycles. The molecule has 1 amide bonds. The molecule has 2 aromatic heterocycles. The van der Waals surface area contributed by atoms with Gasteiger partial charge in [-0.2, -0.15) is 5.10 Å². The highest BCUT2D eigenvalue weighted by Crippen LogP contribution is 2.32. The molecular formula is C23H29N5O5. The van der Waals surface area contributed by atoms with E-state index in [-0.39, 0.29) is 11.5 Å². The molecule has 10 heteroatoms. The monoisotopic (exact) mass is 455 g/mol. The van der Waals surface area contributed by atoms with Crippen LogP contribution in [-0.2, 0) is 17.8 Å². The zero-order chi connectivity index (χ0) is 23.5. The summed E-state index contributed by atoms with van der Waals surface area (Å²) in [6, 6.07) is 4.76. The minimum absolute atomic E-state index is 0.0863. The number of amides is 1. The fourth-order valence-corrected chi connectivity index (χ4v) is 3.92. The van der Waals surface area contributed by atoms with E-state index >= 15 is 0 Å². The van der Waals surface area contributed by atoms with Gasteiger partial charge >= 0.3 is 5.97 Å². The number of aryl methyl sites for hydroxylation is 3. The van der Waals surface area contributed by atoms with Crippen LogP contribution in [0.2, 0.25) is 0 Å². The number of fused-ring (bicyclic) bond motifs is 1. The molecule has 1 aliphatic rings. The molecule has 176 valence electrons. The van der Waals surface area contributed by atoms with Crippen LogP contribution in [0.4, 0.5) is 5.95 Å². The fourth-order valence-electron chi connectivity index (χ4n) is 3.92. The molecule has 1 aliphatic heterocycles. The van der Waals surface area contributed by atoms with Crippen LogP contribution >= 0.6 is 0 Å². The number of carbonyl (C=O) groups excluding carboxylic acids is 1. The predicted molar refractivity (Wildman–Crippen MR) is 122 cm³/mol. The number of carboxylic acid groups (broad SMARTS) is 1. The first-order valence-corrected chi connectivity index (χ1v) is 11.2. The molecule has 0 atom stereocenters. The van der Waals surface area contributed by atoms with Gasteiger partial charge in [-0.25, -0.2) is 9.78 Å². The summed E-state index contributed by atoms with van der Waals surface area (Å²) in [5.74, 6) is -0.132. The van der Waals surface area contributed by atoms with Gasteiger partial charge in [-0.05, 0) is 44.9 Å². The number of rotatable bonds is 10. The van der Waals surface area contributed by atoms with Crippen LogP contribution in [0.5, 0.6) is 5.75 Å². The van der Waals surface area contributed by atoms with Crippen LogP contribution in [0, 0.1) is 12.8 Å². The van der Waals surface area contributed by atoms with Gasteiger partial charge < -0.3 is 19.1 Å². The summed E-state index contributed by atoms with van der Waals surface area (Å²) in [5, 5.41) is 16.8. The fraction of sp³-hybridized carbons (Fsp3) is 0.478. The van der Waals surface area contributed by atoms with Crippen molar-refractivity contribution in [2.75, 3.05) is 25.1 Å². The lowest BCUT2D eigenvalue weighted by Crippen LogP contribution is -2.28. The number of carbonyl (C=O) groups is 2. The summed E-state index contributed by atoms with van der Waals surface area (Å²) < 4.78 is 14.8. The van der Waals surface area contributed by atoms with Gasteiger partial charge in [0.2, 0.25) is 5.95 Å². The van der Waals surface area contributed by atoms with E-state index in [2.05, 4.69) is 15.4 Å². The Bertz CT molecular complexity index is 1180. The van der Waals surface area contributed by atoms with Gasteiger partial charge in [0.25, 0.3) is 5.91 Å². The molecule has 0 bridgehead atoms. The number of hydrogen-bond acceptors (Lipinski definition) is 6. The summed E-state index contributed by atoms with van der Waals surface area (Å²) in [6.45, 7) is 8.82. The van der Waals surface area contributed by atoms with E-state index in [1.54, 1.807) is 10.7 Å². The number of hydrogen-bond donors (Lipinski definition) is 2. The van der Waals surface area contributed by atoms with Gasteiger partial charge in [0.05, 0.1) is 36.6 Å². The Morgan fingerprint density at radius 3 is 2.70 bits per heavy atom. The highest BCUT2D eigenvalue weighted by Gasteiger charge is 2.23. The lowest BCUT2D eigenvalue weighted by molar-refractivity contribution is -0.0400. The third kappa shape index (κ3) is 4.70. The van der Waals surface area contributed by atoms with Gasteiger partial charge in [-0.3, -0.25) is 14.8 Å². The Hall–Kier alpha value is -3.40. The smallest absolute Gasteiger partial charge is 0.335 e. The average molecular weight is 456 g/mol. The highest BCUT2D eigenvalue weighted by atomic mass is 16.5. The second kappa shape index (κ2) is 9.62. The summed E-state index contributed by atoms with van der Waals surface area (Å²) in [4.78, 5) is 29.3. The first-order chi connectivity index (χ1) is 15.9. The quantitative estimate of drug-likeness (QED) is 0.481. The molecule has 1 aromatic carbocycles. The number of aromatic nitrogens is 4. The van der Waals surface area contributed by atoms with Crippen molar-refractivity contribution in [1.82, 2.24) is 19.3 Å². The number of benzene rings is 1. The highest BCUT2D eigenvalue weighted by molar-refractivity contribution is 6.03. The van der Waals surface area contributed by atoms with E-state index in [0.29, 0.717) is 54.0 Å². The van der Waals surface area contributed by atoms with Gasteiger partial charge in [0.1, 0.15) is 17.0 Å². The molecule has 3 aromatic rings. The predicted octanol–water partition coefficient (Wildman–Crippen LogP) is 3.34. The number of nitrogens with one attached hydrogen (secondary N) is 1. The number of imidazole rings is 1. The minimum atomic E-state index is -1.06. The molecular weight excluding hydrogens is 426 g/mol. The van der Waals surface area contributed by atoms with E-state index < -0.39 is 5.97 Å². The molecule has 2 N–H and O–H groups in total. The molecule has 1 fully saturated rings. The standard InChI is InChI=1S/C23H29N5O5/c1-4-7-27-20-17(24-23(27)25-21(29)18-9-14(3)26-28(18)5-2)10-16(22(30)31)11-19(20)33-8-6-15-12-32-13-15/h9-11,15H,4-8,12-13H2,1-3H3,(H,30,31)(H,24,25,29). The Balaban J connectivity index is 1.71. The van der Waals surface area contributed by atoms with E-state index in [4.69, 9.17) is 9.47 Å². The van der Waals surface area contributed by atoms with Crippen LogP contribution in [-0.4, -0.2) is 56.1 Å². The second-order valence-corrected chi connectivity index (χ2v) is 8.22. The maximum absolute atomic E-state index is 13.0.